The van der Waals surface area contributed by atoms with Crippen LogP contribution in [-0.4, -0.2) is 4.37 Å². The molecule has 0 bridgehead atoms. The average Bonchev–Trinajstić information content (AvgIpc) is 2.47. The van der Waals surface area contributed by atoms with Crippen molar-refractivity contribution >= 4 is 27.4 Å². The molecule has 58 valence electrons. The molecule has 2 rings (SSSR count). The molecule has 0 aliphatic rings. The van der Waals surface area contributed by atoms with Crippen LogP contribution in [0.25, 0.3) is 10.9 Å². The summed E-state index contributed by atoms with van der Waals surface area (Å²) in [5.74, 6) is 0. The Morgan fingerprint density at radius 2 is 2.33 bits per heavy atom. The Bertz CT molecular complexity index is 467. The lowest BCUT2D eigenvalue weighted by atomic mass is 10.2. The van der Waals surface area contributed by atoms with Crippen LogP contribution in [0.1, 0.15) is 5.56 Å². The molecular formula is C8H5N3S. The van der Waals surface area contributed by atoms with Crippen molar-refractivity contribution in [3.05, 3.63) is 23.8 Å². The van der Waals surface area contributed by atoms with Crippen LogP contribution >= 0.6 is 11.5 Å². The number of aromatic nitrogens is 1. The maximum absolute atomic E-state index is 8.60. The van der Waals surface area contributed by atoms with E-state index in [2.05, 4.69) is 10.4 Å². The molecule has 0 aliphatic heterocycles. The van der Waals surface area contributed by atoms with E-state index in [-0.39, 0.29) is 0 Å². The quantitative estimate of drug-likeness (QED) is 0.663. The SMILES string of the molecule is N#Cc1ccc2c(N)snc2c1. The van der Waals surface area contributed by atoms with Crippen molar-refractivity contribution in [2.24, 2.45) is 0 Å². The van der Waals surface area contributed by atoms with Gasteiger partial charge in [0, 0.05) is 5.39 Å². The van der Waals surface area contributed by atoms with Crippen LogP contribution in [0.5, 0.6) is 0 Å². The number of nitrogens with two attached hydrogens (primary N) is 1. The number of hydrogen-bond acceptors (Lipinski definition) is 4. The maximum Gasteiger partial charge on any atom is 0.114 e. The van der Waals surface area contributed by atoms with Crippen molar-refractivity contribution in [2.75, 3.05) is 5.73 Å². The van der Waals surface area contributed by atoms with Gasteiger partial charge in [-0.1, -0.05) is 0 Å². The first-order valence-electron chi connectivity index (χ1n) is 3.36. The Balaban J connectivity index is 2.80. The van der Waals surface area contributed by atoms with Crippen LogP contribution < -0.4 is 5.73 Å². The minimum Gasteiger partial charge on any atom is -0.389 e. The third-order valence-corrected chi connectivity index (χ3v) is 2.34. The van der Waals surface area contributed by atoms with E-state index in [0.29, 0.717) is 10.6 Å². The molecule has 0 atom stereocenters. The van der Waals surface area contributed by atoms with Crippen molar-refractivity contribution in [3.8, 4) is 6.07 Å². The predicted octanol–water partition coefficient (Wildman–Crippen LogP) is 1.75. The zero-order chi connectivity index (χ0) is 8.55. The number of rotatable bonds is 0. The largest absolute Gasteiger partial charge is 0.389 e. The molecule has 0 saturated carbocycles. The van der Waals surface area contributed by atoms with Gasteiger partial charge in [-0.05, 0) is 29.7 Å². The average molecular weight is 175 g/mol. The van der Waals surface area contributed by atoms with E-state index in [1.165, 1.54) is 11.5 Å². The Morgan fingerprint density at radius 1 is 1.50 bits per heavy atom. The van der Waals surface area contributed by atoms with Gasteiger partial charge in [-0.15, -0.1) is 0 Å². The molecule has 1 heterocycles. The highest BCUT2D eigenvalue weighted by atomic mass is 32.1. The van der Waals surface area contributed by atoms with Crippen LogP contribution in [0.3, 0.4) is 0 Å². The molecule has 1 aromatic carbocycles. The van der Waals surface area contributed by atoms with Gasteiger partial charge in [0.1, 0.15) is 5.00 Å². The molecule has 12 heavy (non-hydrogen) atoms. The summed E-state index contributed by atoms with van der Waals surface area (Å²) in [4.78, 5) is 0. The summed E-state index contributed by atoms with van der Waals surface area (Å²) in [6.45, 7) is 0. The van der Waals surface area contributed by atoms with Gasteiger partial charge in [-0.25, -0.2) is 0 Å². The lowest BCUT2D eigenvalue weighted by Crippen LogP contribution is -1.79. The molecule has 2 aromatic rings. The lowest BCUT2D eigenvalue weighted by molar-refractivity contribution is 1.49. The number of nitrogen functional groups attached to an aromatic ring is 1. The highest BCUT2D eigenvalue weighted by molar-refractivity contribution is 7.11. The van der Waals surface area contributed by atoms with Gasteiger partial charge >= 0.3 is 0 Å². The Hall–Kier alpha value is -1.60. The summed E-state index contributed by atoms with van der Waals surface area (Å²) in [6, 6.07) is 7.36. The van der Waals surface area contributed by atoms with E-state index < -0.39 is 0 Å². The zero-order valence-electron chi connectivity index (χ0n) is 6.11. The van der Waals surface area contributed by atoms with Gasteiger partial charge in [-0.2, -0.15) is 9.64 Å². The van der Waals surface area contributed by atoms with Gasteiger partial charge in [-0.3, -0.25) is 0 Å². The summed E-state index contributed by atoms with van der Waals surface area (Å²) >= 11 is 1.26. The third kappa shape index (κ3) is 0.917. The van der Waals surface area contributed by atoms with Gasteiger partial charge < -0.3 is 5.73 Å². The molecule has 0 spiro atoms. The normalized spacial score (nSPS) is 9.92. The highest BCUT2D eigenvalue weighted by Crippen LogP contribution is 2.24. The molecule has 0 radical (unpaired) electrons. The minimum absolute atomic E-state index is 0.618. The van der Waals surface area contributed by atoms with Gasteiger partial charge in [0.05, 0.1) is 17.1 Å². The monoisotopic (exact) mass is 175 g/mol. The van der Waals surface area contributed by atoms with E-state index in [0.717, 1.165) is 10.9 Å². The minimum atomic E-state index is 0.618. The van der Waals surface area contributed by atoms with E-state index in [1.54, 1.807) is 12.1 Å². The number of nitriles is 1. The number of fused-ring (bicyclic) bond motifs is 1. The molecule has 0 amide bonds. The summed E-state index contributed by atoms with van der Waals surface area (Å²) in [5, 5.41) is 10.2. The second kappa shape index (κ2) is 2.47. The molecule has 0 unspecified atom stereocenters. The fraction of sp³-hybridized carbons (Fsp3) is 0. The lowest BCUT2D eigenvalue weighted by Gasteiger charge is -1.89. The van der Waals surface area contributed by atoms with Crippen LogP contribution in [-0.2, 0) is 0 Å². The molecule has 0 aliphatic carbocycles. The predicted molar refractivity (Wildman–Crippen MR) is 48.7 cm³/mol. The van der Waals surface area contributed by atoms with Gasteiger partial charge in [0.15, 0.2) is 0 Å². The van der Waals surface area contributed by atoms with Crippen LogP contribution in [0.4, 0.5) is 5.00 Å². The second-order valence-corrected chi connectivity index (χ2v) is 3.20. The molecular weight excluding hydrogens is 170 g/mol. The zero-order valence-corrected chi connectivity index (χ0v) is 6.93. The fourth-order valence-electron chi connectivity index (χ4n) is 1.03. The van der Waals surface area contributed by atoms with Crippen molar-refractivity contribution < 1.29 is 0 Å². The number of anilines is 1. The van der Waals surface area contributed by atoms with Crippen LogP contribution in [0.2, 0.25) is 0 Å². The molecule has 1 aromatic heterocycles. The summed E-state index contributed by atoms with van der Waals surface area (Å²) in [5.41, 5.74) is 7.06. The number of hydrogen-bond donors (Lipinski definition) is 1. The number of nitrogens with zero attached hydrogens (tertiary/aromatic N) is 2. The van der Waals surface area contributed by atoms with Crippen molar-refractivity contribution in [1.82, 2.24) is 4.37 Å². The highest BCUT2D eigenvalue weighted by Gasteiger charge is 2.02. The van der Waals surface area contributed by atoms with E-state index in [9.17, 15) is 0 Å². The summed E-state index contributed by atoms with van der Waals surface area (Å²) < 4.78 is 4.09. The Labute approximate surface area is 73.2 Å². The molecule has 3 nitrogen and oxygen atoms in total. The first-order valence-corrected chi connectivity index (χ1v) is 4.13. The Kier molecular flexibility index (Phi) is 1.45. The van der Waals surface area contributed by atoms with Gasteiger partial charge in [0.25, 0.3) is 0 Å². The first-order chi connectivity index (χ1) is 5.81. The Morgan fingerprint density at radius 3 is 3.08 bits per heavy atom. The van der Waals surface area contributed by atoms with Crippen LogP contribution in [0.15, 0.2) is 18.2 Å². The number of benzene rings is 1. The van der Waals surface area contributed by atoms with E-state index >= 15 is 0 Å². The standard InChI is InChI=1S/C8H5N3S/c9-4-5-1-2-6-7(3-5)11-12-8(6)10/h1-3H,10H2. The first kappa shape index (κ1) is 7.07. The fourth-order valence-corrected chi connectivity index (χ4v) is 1.65. The molecule has 0 saturated heterocycles. The van der Waals surface area contributed by atoms with E-state index in [4.69, 9.17) is 11.0 Å². The third-order valence-electron chi connectivity index (χ3n) is 1.63. The smallest absolute Gasteiger partial charge is 0.114 e. The van der Waals surface area contributed by atoms with Gasteiger partial charge in [0.2, 0.25) is 0 Å². The van der Waals surface area contributed by atoms with E-state index in [1.807, 2.05) is 6.07 Å². The molecule has 0 fully saturated rings. The summed E-state index contributed by atoms with van der Waals surface area (Å²) in [6.07, 6.45) is 0. The second-order valence-electron chi connectivity index (χ2n) is 2.39. The topological polar surface area (TPSA) is 62.7 Å². The molecule has 2 N–H and O–H groups in total. The van der Waals surface area contributed by atoms with Crippen LogP contribution in [0, 0.1) is 11.3 Å². The molecule has 4 heteroatoms. The summed E-state index contributed by atoms with van der Waals surface area (Å²) in [7, 11) is 0. The van der Waals surface area contributed by atoms with Crippen molar-refractivity contribution in [1.29, 1.82) is 5.26 Å². The van der Waals surface area contributed by atoms with Crippen molar-refractivity contribution in [2.45, 2.75) is 0 Å². The maximum atomic E-state index is 8.60. The van der Waals surface area contributed by atoms with Crippen molar-refractivity contribution in [3.63, 3.8) is 0 Å².